The van der Waals surface area contributed by atoms with E-state index in [-0.39, 0.29) is 5.56 Å². The van der Waals surface area contributed by atoms with Crippen LogP contribution in [0.2, 0.25) is 0 Å². The number of H-pyrrole nitrogens is 1. The molecule has 5 nitrogen and oxygen atoms in total. The molecule has 4 rings (SSSR count). The van der Waals surface area contributed by atoms with Crippen LogP contribution in [0.1, 0.15) is 46.6 Å². The van der Waals surface area contributed by atoms with E-state index in [0.717, 1.165) is 30.7 Å². The Hall–Kier alpha value is -2.25. The monoisotopic (exact) mass is 373 g/mol. The first-order chi connectivity index (χ1) is 12.6. The molecule has 7 heteroatoms. The van der Waals surface area contributed by atoms with E-state index < -0.39 is 11.8 Å². The number of ether oxygens (including phenoxy) is 1. The second-order valence-corrected chi connectivity index (χ2v) is 7.56. The maximum atomic E-state index is 13.9. The molecular weight excluding hydrogens is 353 g/mol. The van der Waals surface area contributed by atoms with E-state index in [9.17, 15) is 9.18 Å². The van der Waals surface area contributed by atoms with Gasteiger partial charge in [0.25, 0.3) is 0 Å². The van der Waals surface area contributed by atoms with Gasteiger partial charge in [0.2, 0.25) is 0 Å². The number of methoxy groups -OCH3 is 1. The Bertz CT molecular complexity index is 979. The molecule has 1 unspecified atom stereocenters. The quantitative estimate of drug-likeness (QED) is 0.673. The fraction of sp³-hybridized carbons (Fsp3) is 0.368. The third kappa shape index (κ3) is 2.91. The molecule has 3 heterocycles. The van der Waals surface area contributed by atoms with Crippen LogP contribution in [0.15, 0.2) is 18.2 Å². The molecule has 2 aromatic heterocycles. The molecule has 0 radical (unpaired) electrons. The molecule has 0 fully saturated rings. The summed E-state index contributed by atoms with van der Waals surface area (Å²) in [6.07, 6.45) is 3.22. The van der Waals surface area contributed by atoms with Gasteiger partial charge in [-0.3, -0.25) is 0 Å². The number of nitrogens with zero attached hydrogens (tertiary/aromatic N) is 1. The number of halogens is 1. The van der Waals surface area contributed by atoms with Gasteiger partial charge in [-0.1, -0.05) is 13.3 Å². The van der Waals surface area contributed by atoms with E-state index in [4.69, 9.17) is 4.74 Å². The van der Waals surface area contributed by atoms with Crippen molar-refractivity contribution in [1.29, 1.82) is 0 Å². The number of carbonyl (C=O) groups is 1. The van der Waals surface area contributed by atoms with Crippen LogP contribution in [-0.2, 0) is 11.2 Å². The van der Waals surface area contributed by atoms with Crippen molar-refractivity contribution >= 4 is 28.3 Å². The van der Waals surface area contributed by atoms with Gasteiger partial charge >= 0.3 is 5.97 Å². The summed E-state index contributed by atoms with van der Waals surface area (Å²) in [4.78, 5) is 22.0. The van der Waals surface area contributed by atoms with E-state index in [0.29, 0.717) is 22.9 Å². The third-order valence-corrected chi connectivity index (χ3v) is 6.01. The molecule has 0 spiro atoms. The molecule has 0 saturated heterocycles. The number of rotatable bonds is 4. The Balaban J connectivity index is 1.80. The molecule has 1 aliphatic heterocycles. The zero-order valence-corrected chi connectivity index (χ0v) is 15.5. The van der Waals surface area contributed by atoms with Crippen molar-refractivity contribution in [2.45, 2.75) is 32.2 Å². The summed E-state index contributed by atoms with van der Waals surface area (Å²) < 4.78 is 18.6. The Labute approximate surface area is 154 Å². The van der Waals surface area contributed by atoms with Gasteiger partial charge in [-0.15, -0.1) is 11.3 Å². The van der Waals surface area contributed by atoms with Gasteiger partial charge < -0.3 is 15.0 Å². The average molecular weight is 373 g/mol. The van der Waals surface area contributed by atoms with E-state index >= 15 is 0 Å². The maximum absolute atomic E-state index is 13.9. The standard InChI is InChI=1S/C19H20FN3O2S/c1-3-4-13-17-10(5-6-21-13)7-15(26-17)18-22-14-9-11(20)8-12(16(14)23-18)19(24)25-2/h7-9,13,21H,3-6H2,1-2H3,(H,22,23). The summed E-state index contributed by atoms with van der Waals surface area (Å²) in [7, 11) is 1.28. The Morgan fingerprint density at radius 1 is 1.42 bits per heavy atom. The van der Waals surface area contributed by atoms with Gasteiger partial charge in [0.15, 0.2) is 0 Å². The van der Waals surface area contributed by atoms with Crippen LogP contribution in [0.4, 0.5) is 4.39 Å². The highest BCUT2D eigenvalue weighted by atomic mass is 32.1. The fourth-order valence-electron chi connectivity index (χ4n) is 3.51. The normalized spacial score (nSPS) is 16.7. The van der Waals surface area contributed by atoms with Crippen molar-refractivity contribution in [3.63, 3.8) is 0 Å². The SMILES string of the molecule is CCCC1NCCc2cc(-c3nc4c(C(=O)OC)cc(F)cc4[nH]3)sc21. The number of nitrogens with one attached hydrogen (secondary N) is 2. The molecule has 2 N–H and O–H groups in total. The van der Waals surface area contributed by atoms with E-state index in [1.165, 1.54) is 29.7 Å². The number of hydrogen-bond donors (Lipinski definition) is 2. The van der Waals surface area contributed by atoms with Crippen molar-refractivity contribution in [3.05, 3.63) is 40.0 Å². The van der Waals surface area contributed by atoms with E-state index in [2.05, 4.69) is 28.3 Å². The molecule has 3 aromatic rings. The number of aromatic nitrogens is 2. The molecule has 0 aliphatic carbocycles. The predicted molar refractivity (Wildman–Crippen MR) is 100 cm³/mol. The number of aromatic amines is 1. The summed E-state index contributed by atoms with van der Waals surface area (Å²) in [6, 6.07) is 5.07. The second kappa shape index (κ2) is 6.81. The minimum atomic E-state index is -0.592. The van der Waals surface area contributed by atoms with Crippen molar-refractivity contribution in [2.75, 3.05) is 13.7 Å². The topological polar surface area (TPSA) is 67.0 Å². The van der Waals surface area contributed by atoms with E-state index in [1.807, 2.05) is 0 Å². The first-order valence-corrected chi connectivity index (χ1v) is 9.56. The van der Waals surface area contributed by atoms with Crippen LogP contribution >= 0.6 is 11.3 Å². The van der Waals surface area contributed by atoms with Gasteiger partial charge in [0, 0.05) is 10.9 Å². The largest absolute Gasteiger partial charge is 0.465 e. The zero-order chi connectivity index (χ0) is 18.3. The molecule has 0 saturated carbocycles. The highest BCUT2D eigenvalue weighted by molar-refractivity contribution is 7.15. The summed E-state index contributed by atoms with van der Waals surface area (Å²) in [5.41, 5.74) is 2.41. The number of hydrogen-bond acceptors (Lipinski definition) is 5. The van der Waals surface area contributed by atoms with Crippen molar-refractivity contribution < 1.29 is 13.9 Å². The molecule has 1 aromatic carbocycles. The number of benzene rings is 1. The minimum absolute atomic E-state index is 0.136. The van der Waals surface area contributed by atoms with E-state index in [1.54, 1.807) is 11.3 Å². The predicted octanol–water partition coefficient (Wildman–Crippen LogP) is 4.20. The number of thiophene rings is 1. The highest BCUT2D eigenvalue weighted by Crippen LogP contribution is 2.38. The van der Waals surface area contributed by atoms with Crippen molar-refractivity contribution in [2.24, 2.45) is 0 Å². The smallest absolute Gasteiger partial charge is 0.340 e. The lowest BCUT2D eigenvalue weighted by Gasteiger charge is -2.23. The third-order valence-electron chi connectivity index (χ3n) is 4.71. The molecule has 26 heavy (non-hydrogen) atoms. The van der Waals surface area contributed by atoms with Gasteiger partial charge in [-0.25, -0.2) is 14.2 Å². The number of fused-ring (bicyclic) bond motifs is 2. The lowest BCUT2D eigenvalue weighted by Crippen LogP contribution is -2.28. The highest BCUT2D eigenvalue weighted by Gasteiger charge is 2.24. The average Bonchev–Trinajstić information content (AvgIpc) is 3.24. The van der Waals surface area contributed by atoms with Crippen molar-refractivity contribution in [3.8, 4) is 10.7 Å². The van der Waals surface area contributed by atoms with Gasteiger partial charge in [0.1, 0.15) is 17.2 Å². The van der Waals surface area contributed by atoms with Crippen LogP contribution < -0.4 is 5.32 Å². The van der Waals surface area contributed by atoms with Gasteiger partial charge in [0.05, 0.1) is 23.1 Å². The number of esters is 1. The lowest BCUT2D eigenvalue weighted by atomic mass is 10.0. The molecule has 0 amide bonds. The molecule has 0 bridgehead atoms. The molecule has 136 valence electrons. The first-order valence-electron chi connectivity index (χ1n) is 8.74. The second-order valence-electron chi connectivity index (χ2n) is 6.47. The molecular formula is C19H20FN3O2S. The minimum Gasteiger partial charge on any atom is -0.465 e. The molecule has 1 aliphatic rings. The Kier molecular flexibility index (Phi) is 4.50. The van der Waals surface area contributed by atoms with Crippen LogP contribution in [0.25, 0.3) is 21.7 Å². The lowest BCUT2D eigenvalue weighted by molar-refractivity contribution is 0.0602. The summed E-state index contributed by atoms with van der Waals surface area (Å²) in [6.45, 7) is 3.16. The van der Waals surface area contributed by atoms with Crippen LogP contribution in [0.3, 0.4) is 0 Å². The Morgan fingerprint density at radius 2 is 2.27 bits per heavy atom. The number of carbonyl (C=O) groups excluding carboxylic acids is 1. The Morgan fingerprint density at radius 3 is 3.04 bits per heavy atom. The first kappa shape index (κ1) is 17.2. The summed E-state index contributed by atoms with van der Waals surface area (Å²) in [5, 5.41) is 3.58. The van der Waals surface area contributed by atoms with Crippen LogP contribution in [0, 0.1) is 5.82 Å². The van der Waals surface area contributed by atoms with Gasteiger partial charge in [-0.05, 0) is 43.1 Å². The van der Waals surface area contributed by atoms with Gasteiger partial charge in [-0.2, -0.15) is 0 Å². The zero-order valence-electron chi connectivity index (χ0n) is 14.7. The van der Waals surface area contributed by atoms with Crippen LogP contribution in [0.5, 0.6) is 0 Å². The fourth-order valence-corrected chi connectivity index (χ4v) is 4.78. The van der Waals surface area contributed by atoms with Crippen molar-refractivity contribution in [1.82, 2.24) is 15.3 Å². The molecule has 1 atom stereocenters. The summed E-state index contributed by atoms with van der Waals surface area (Å²) >= 11 is 1.71. The number of imidazole rings is 1. The summed E-state index contributed by atoms with van der Waals surface area (Å²) in [5.74, 6) is -0.429. The maximum Gasteiger partial charge on any atom is 0.340 e. The van der Waals surface area contributed by atoms with Crippen LogP contribution in [-0.4, -0.2) is 29.6 Å².